The highest BCUT2D eigenvalue weighted by Gasteiger charge is 2.21. The molecule has 0 spiro atoms. The van der Waals surface area contributed by atoms with E-state index in [4.69, 9.17) is 44.3 Å². The molecule has 0 bridgehead atoms. The first-order valence-electron chi connectivity index (χ1n) is 9.21. The maximum absolute atomic E-state index is 11.4. The molecule has 0 radical (unpaired) electrons. The third-order valence-electron chi connectivity index (χ3n) is 4.20. The molecule has 1 atom stereocenters. The smallest absolute Gasteiger partial charge is 0.320 e. The van der Waals surface area contributed by atoms with Crippen LogP contribution >= 0.6 is 34.8 Å². The van der Waals surface area contributed by atoms with Crippen LogP contribution in [0.5, 0.6) is 11.5 Å². The van der Waals surface area contributed by atoms with Gasteiger partial charge in [-0.3, -0.25) is 4.79 Å². The summed E-state index contributed by atoms with van der Waals surface area (Å²) in [4.78, 5) is 11.4. The van der Waals surface area contributed by atoms with Crippen molar-refractivity contribution in [1.29, 1.82) is 0 Å². The molecule has 0 aromatic heterocycles. The first kappa shape index (κ1) is 23.6. The molecule has 8 heteroatoms. The molecule has 0 saturated heterocycles. The average molecular weight is 461 g/mol. The van der Waals surface area contributed by atoms with Gasteiger partial charge in [-0.05, 0) is 48.2 Å². The van der Waals surface area contributed by atoms with Gasteiger partial charge >= 0.3 is 5.97 Å². The Labute approximate surface area is 185 Å². The number of rotatable bonds is 10. The van der Waals surface area contributed by atoms with E-state index in [2.05, 4.69) is 5.32 Å². The molecular formula is C21H24Cl3NO4. The Hall–Kier alpha value is -1.66. The third-order valence-corrected chi connectivity index (χ3v) is 5.21. The molecule has 2 N–H and O–H groups in total. The number of carbonyl (C=O) groups is 1. The van der Waals surface area contributed by atoms with E-state index in [1.54, 1.807) is 24.3 Å². The van der Waals surface area contributed by atoms with Crippen molar-refractivity contribution < 1.29 is 19.4 Å². The van der Waals surface area contributed by atoms with Crippen molar-refractivity contribution in [3.8, 4) is 11.5 Å². The van der Waals surface area contributed by atoms with Gasteiger partial charge in [0.2, 0.25) is 0 Å². The van der Waals surface area contributed by atoms with Gasteiger partial charge in [0.15, 0.2) is 11.5 Å². The molecule has 0 aliphatic heterocycles. The number of benzene rings is 2. The molecule has 0 fully saturated rings. The van der Waals surface area contributed by atoms with Gasteiger partial charge in [0.1, 0.15) is 12.6 Å². The molecule has 0 amide bonds. The summed E-state index contributed by atoms with van der Waals surface area (Å²) in [7, 11) is 0. The van der Waals surface area contributed by atoms with Crippen molar-refractivity contribution in [1.82, 2.24) is 5.32 Å². The average Bonchev–Trinajstić information content (AvgIpc) is 2.63. The van der Waals surface area contributed by atoms with Crippen molar-refractivity contribution in [2.75, 3.05) is 6.61 Å². The van der Waals surface area contributed by atoms with Crippen LogP contribution in [0.3, 0.4) is 0 Å². The highest BCUT2D eigenvalue weighted by Crippen LogP contribution is 2.37. The number of hydrogen-bond donors (Lipinski definition) is 2. The van der Waals surface area contributed by atoms with Crippen LogP contribution in [0.25, 0.3) is 0 Å². The Morgan fingerprint density at radius 3 is 2.31 bits per heavy atom. The minimum atomic E-state index is -0.891. The minimum Gasteiger partial charge on any atom is -0.490 e. The van der Waals surface area contributed by atoms with Crippen LogP contribution < -0.4 is 14.8 Å². The van der Waals surface area contributed by atoms with Gasteiger partial charge < -0.3 is 19.9 Å². The summed E-state index contributed by atoms with van der Waals surface area (Å²) in [5.74, 6) is -0.0314. The maximum atomic E-state index is 11.4. The fourth-order valence-corrected chi connectivity index (χ4v) is 3.36. The van der Waals surface area contributed by atoms with Gasteiger partial charge in [0.05, 0.1) is 21.7 Å². The van der Waals surface area contributed by atoms with Crippen LogP contribution in [0.2, 0.25) is 15.1 Å². The van der Waals surface area contributed by atoms with E-state index in [9.17, 15) is 9.90 Å². The zero-order chi connectivity index (χ0) is 21.6. The fourth-order valence-electron chi connectivity index (χ4n) is 2.75. The molecule has 0 aliphatic carbocycles. The second-order valence-corrected chi connectivity index (χ2v) is 8.04. The largest absolute Gasteiger partial charge is 0.490 e. The Balaban J connectivity index is 2.18. The zero-order valence-corrected chi connectivity index (χ0v) is 18.7. The Kier molecular flexibility index (Phi) is 8.90. The second-order valence-electron chi connectivity index (χ2n) is 6.82. The second kappa shape index (κ2) is 10.9. The monoisotopic (exact) mass is 459 g/mol. The number of carboxylic acids is 1. The highest BCUT2D eigenvalue weighted by molar-refractivity contribution is 6.42. The highest BCUT2D eigenvalue weighted by atomic mass is 35.5. The molecule has 2 aromatic rings. The third kappa shape index (κ3) is 6.68. The van der Waals surface area contributed by atoms with Crippen LogP contribution in [0.15, 0.2) is 30.3 Å². The lowest BCUT2D eigenvalue weighted by Gasteiger charge is -2.19. The van der Waals surface area contributed by atoms with E-state index in [0.717, 1.165) is 11.1 Å². The van der Waals surface area contributed by atoms with E-state index in [-0.39, 0.29) is 12.5 Å². The molecule has 158 valence electrons. The van der Waals surface area contributed by atoms with Crippen LogP contribution in [0.1, 0.15) is 31.9 Å². The minimum absolute atomic E-state index is 0.0526. The quantitative estimate of drug-likeness (QED) is 0.467. The topological polar surface area (TPSA) is 67.8 Å². The predicted octanol–water partition coefficient (Wildman–Crippen LogP) is 5.82. The molecule has 2 aromatic carbocycles. The SMILES string of the molecule is CCOc1cc(CNC(C(=O)O)C(C)C)cc(Cl)c1OCc1ccc(Cl)c(Cl)c1. The standard InChI is InChI=1S/C21H24Cl3NO4/c1-4-28-18-9-14(10-25-19(12(2)3)21(26)27)8-17(24)20(18)29-11-13-5-6-15(22)16(23)7-13/h5-9,12,19,25H,4,10-11H2,1-3H3,(H,26,27). The lowest BCUT2D eigenvalue weighted by atomic mass is 10.0. The number of halogens is 3. The molecule has 0 aliphatic rings. The summed E-state index contributed by atoms with van der Waals surface area (Å²) in [6, 6.07) is 8.13. The summed E-state index contributed by atoms with van der Waals surface area (Å²) in [6.45, 7) is 6.57. The number of carboxylic acid groups (broad SMARTS) is 1. The van der Waals surface area contributed by atoms with Crippen LogP contribution in [-0.2, 0) is 17.9 Å². The van der Waals surface area contributed by atoms with Crippen molar-refractivity contribution in [3.05, 3.63) is 56.5 Å². The van der Waals surface area contributed by atoms with E-state index >= 15 is 0 Å². The van der Waals surface area contributed by atoms with Crippen molar-refractivity contribution in [3.63, 3.8) is 0 Å². The normalized spacial score (nSPS) is 12.1. The van der Waals surface area contributed by atoms with E-state index in [1.807, 2.05) is 26.8 Å². The van der Waals surface area contributed by atoms with Gasteiger partial charge in [0.25, 0.3) is 0 Å². The Morgan fingerprint density at radius 1 is 1.03 bits per heavy atom. The van der Waals surface area contributed by atoms with Crippen LogP contribution in [-0.4, -0.2) is 23.7 Å². The van der Waals surface area contributed by atoms with Gasteiger partial charge in [-0.1, -0.05) is 54.7 Å². The molecular weight excluding hydrogens is 437 g/mol. The first-order chi connectivity index (χ1) is 13.7. The van der Waals surface area contributed by atoms with Crippen LogP contribution in [0, 0.1) is 5.92 Å². The van der Waals surface area contributed by atoms with Gasteiger partial charge in [-0.2, -0.15) is 0 Å². The number of nitrogens with one attached hydrogen (secondary N) is 1. The van der Waals surface area contributed by atoms with Crippen molar-refractivity contribution in [2.24, 2.45) is 5.92 Å². The summed E-state index contributed by atoms with van der Waals surface area (Å²) in [6.07, 6.45) is 0. The summed E-state index contributed by atoms with van der Waals surface area (Å²) < 4.78 is 11.6. The van der Waals surface area contributed by atoms with Gasteiger partial charge in [-0.15, -0.1) is 0 Å². The lowest BCUT2D eigenvalue weighted by molar-refractivity contribution is -0.140. The van der Waals surface area contributed by atoms with Gasteiger partial charge in [-0.25, -0.2) is 0 Å². The lowest BCUT2D eigenvalue weighted by Crippen LogP contribution is -2.40. The molecule has 29 heavy (non-hydrogen) atoms. The summed E-state index contributed by atoms with van der Waals surface area (Å²) >= 11 is 18.4. The first-order valence-corrected chi connectivity index (χ1v) is 10.3. The van der Waals surface area contributed by atoms with Crippen molar-refractivity contribution >= 4 is 40.8 Å². The van der Waals surface area contributed by atoms with E-state index < -0.39 is 12.0 Å². The maximum Gasteiger partial charge on any atom is 0.320 e. The molecule has 2 rings (SSSR count). The number of ether oxygens (including phenoxy) is 2. The number of hydrogen-bond acceptors (Lipinski definition) is 4. The summed E-state index contributed by atoms with van der Waals surface area (Å²) in [5.41, 5.74) is 1.64. The summed E-state index contributed by atoms with van der Waals surface area (Å²) in [5, 5.41) is 13.7. The Morgan fingerprint density at radius 2 is 1.72 bits per heavy atom. The van der Waals surface area contributed by atoms with Gasteiger partial charge in [0, 0.05) is 6.54 Å². The van der Waals surface area contributed by atoms with E-state index in [1.165, 1.54) is 0 Å². The molecule has 1 unspecified atom stereocenters. The van der Waals surface area contributed by atoms with E-state index in [0.29, 0.717) is 39.7 Å². The molecule has 5 nitrogen and oxygen atoms in total. The molecule has 0 saturated carbocycles. The Bertz CT molecular complexity index is 858. The van der Waals surface area contributed by atoms with Crippen molar-refractivity contribution in [2.45, 2.75) is 40.0 Å². The van der Waals surface area contributed by atoms with Crippen LogP contribution in [0.4, 0.5) is 0 Å². The predicted molar refractivity (Wildman–Crippen MR) is 117 cm³/mol. The molecule has 0 heterocycles. The zero-order valence-electron chi connectivity index (χ0n) is 16.5. The fraction of sp³-hybridized carbons (Fsp3) is 0.381. The number of aliphatic carboxylic acids is 1.